The standard InChI is InChI=1S/C24H32O4S/c1-4-17-5-7-21-19(11-17)14-29-24(21)22(27)8-6-18-9-15(2)23(16(3)10-18)28-13-20(26)12-25/h9-10,14,17,20,25-26H,4-8,11-13H2,1-3H3/t17?,20-/m0/s1. The molecule has 158 valence electrons. The number of fused-ring (bicyclic) bond motifs is 1. The maximum Gasteiger partial charge on any atom is 0.173 e. The maximum atomic E-state index is 12.9. The summed E-state index contributed by atoms with van der Waals surface area (Å²) < 4.78 is 5.66. The zero-order chi connectivity index (χ0) is 21.0. The van der Waals surface area contributed by atoms with E-state index < -0.39 is 6.10 Å². The Hall–Kier alpha value is -1.69. The second-order valence-corrected chi connectivity index (χ2v) is 9.09. The summed E-state index contributed by atoms with van der Waals surface area (Å²) in [4.78, 5) is 13.9. The third kappa shape index (κ3) is 5.27. The minimum absolute atomic E-state index is 0.0678. The van der Waals surface area contributed by atoms with Crippen LogP contribution >= 0.6 is 11.3 Å². The zero-order valence-corrected chi connectivity index (χ0v) is 18.5. The van der Waals surface area contributed by atoms with Crippen molar-refractivity contribution < 1.29 is 19.7 Å². The van der Waals surface area contributed by atoms with Crippen molar-refractivity contribution in [2.24, 2.45) is 5.92 Å². The molecule has 1 aromatic heterocycles. The van der Waals surface area contributed by atoms with Crippen LogP contribution in [0.1, 0.15) is 63.7 Å². The first-order chi connectivity index (χ1) is 13.9. The van der Waals surface area contributed by atoms with Crippen LogP contribution in [-0.4, -0.2) is 35.3 Å². The molecule has 1 heterocycles. The van der Waals surface area contributed by atoms with Crippen LogP contribution in [0.3, 0.4) is 0 Å². The number of carbonyl (C=O) groups is 1. The van der Waals surface area contributed by atoms with Crippen LogP contribution in [0.4, 0.5) is 0 Å². The first-order valence-electron chi connectivity index (χ1n) is 10.6. The minimum atomic E-state index is -0.879. The van der Waals surface area contributed by atoms with Gasteiger partial charge in [-0.05, 0) is 78.6 Å². The number of ether oxygens (including phenoxy) is 1. The van der Waals surface area contributed by atoms with Crippen LogP contribution in [0, 0.1) is 19.8 Å². The summed E-state index contributed by atoms with van der Waals surface area (Å²) in [6.07, 6.45) is 4.94. The van der Waals surface area contributed by atoms with Crippen molar-refractivity contribution in [3.8, 4) is 5.75 Å². The summed E-state index contributed by atoms with van der Waals surface area (Å²) in [7, 11) is 0. The monoisotopic (exact) mass is 416 g/mol. The van der Waals surface area contributed by atoms with Gasteiger partial charge in [0.05, 0.1) is 11.5 Å². The molecular formula is C24H32O4S. The van der Waals surface area contributed by atoms with E-state index in [2.05, 4.69) is 24.4 Å². The van der Waals surface area contributed by atoms with Crippen molar-refractivity contribution in [2.45, 2.75) is 65.4 Å². The SMILES string of the molecule is CCC1CCc2c(csc2C(=O)CCc2cc(C)c(OC[C@@H](O)CO)c(C)c2)C1. The Morgan fingerprint density at radius 2 is 2.03 bits per heavy atom. The number of Topliss-reactive ketones (excluding diaryl/α,β-unsaturated/α-hetero) is 1. The number of benzene rings is 1. The lowest BCUT2D eigenvalue weighted by Crippen LogP contribution is -2.21. The normalized spacial score (nSPS) is 17.1. The van der Waals surface area contributed by atoms with E-state index in [4.69, 9.17) is 9.84 Å². The molecule has 1 aliphatic carbocycles. The Kier molecular flexibility index (Phi) is 7.49. The number of hydrogen-bond donors (Lipinski definition) is 2. The van der Waals surface area contributed by atoms with Gasteiger partial charge in [-0.1, -0.05) is 25.5 Å². The second-order valence-electron chi connectivity index (χ2n) is 8.22. The van der Waals surface area contributed by atoms with E-state index in [1.165, 1.54) is 24.0 Å². The van der Waals surface area contributed by atoms with Gasteiger partial charge in [-0.25, -0.2) is 0 Å². The third-order valence-corrected chi connectivity index (χ3v) is 7.03. The number of aliphatic hydroxyl groups excluding tert-OH is 2. The average Bonchev–Trinajstić information content (AvgIpc) is 3.14. The molecule has 5 heteroatoms. The molecule has 0 radical (unpaired) electrons. The minimum Gasteiger partial charge on any atom is -0.490 e. The van der Waals surface area contributed by atoms with E-state index in [0.717, 1.165) is 46.1 Å². The van der Waals surface area contributed by atoms with E-state index in [1.807, 2.05) is 13.8 Å². The number of thiophene rings is 1. The van der Waals surface area contributed by atoms with Crippen molar-refractivity contribution in [1.82, 2.24) is 0 Å². The fourth-order valence-corrected chi connectivity index (χ4v) is 5.33. The van der Waals surface area contributed by atoms with E-state index in [1.54, 1.807) is 11.3 Å². The molecule has 2 atom stereocenters. The fourth-order valence-electron chi connectivity index (χ4n) is 4.22. The van der Waals surface area contributed by atoms with Crippen molar-refractivity contribution in [3.63, 3.8) is 0 Å². The number of ketones is 1. The molecule has 29 heavy (non-hydrogen) atoms. The van der Waals surface area contributed by atoms with Gasteiger partial charge in [0.1, 0.15) is 18.5 Å². The van der Waals surface area contributed by atoms with Crippen molar-refractivity contribution in [2.75, 3.05) is 13.2 Å². The highest BCUT2D eigenvalue weighted by Gasteiger charge is 2.24. The molecule has 4 nitrogen and oxygen atoms in total. The highest BCUT2D eigenvalue weighted by atomic mass is 32.1. The van der Waals surface area contributed by atoms with Crippen molar-refractivity contribution in [3.05, 3.63) is 50.2 Å². The van der Waals surface area contributed by atoms with Gasteiger partial charge in [-0.2, -0.15) is 0 Å². The molecule has 1 aromatic carbocycles. The number of aryl methyl sites for hydroxylation is 3. The molecule has 2 aromatic rings. The van der Waals surface area contributed by atoms with Gasteiger partial charge in [0.25, 0.3) is 0 Å². The van der Waals surface area contributed by atoms with Gasteiger partial charge in [-0.3, -0.25) is 4.79 Å². The Morgan fingerprint density at radius 1 is 1.31 bits per heavy atom. The molecule has 0 aliphatic heterocycles. The number of hydrogen-bond acceptors (Lipinski definition) is 5. The first-order valence-corrected chi connectivity index (χ1v) is 11.4. The Morgan fingerprint density at radius 3 is 2.69 bits per heavy atom. The van der Waals surface area contributed by atoms with E-state index in [-0.39, 0.29) is 19.0 Å². The van der Waals surface area contributed by atoms with Crippen LogP contribution in [0.15, 0.2) is 17.5 Å². The van der Waals surface area contributed by atoms with Crippen molar-refractivity contribution >= 4 is 17.1 Å². The topological polar surface area (TPSA) is 66.8 Å². The molecular weight excluding hydrogens is 384 g/mol. The Labute approximate surface area is 177 Å². The molecule has 2 N–H and O–H groups in total. The van der Waals surface area contributed by atoms with Gasteiger partial charge in [0.2, 0.25) is 0 Å². The molecule has 0 bridgehead atoms. The summed E-state index contributed by atoms with van der Waals surface area (Å²) in [5.74, 6) is 1.77. The molecule has 0 fully saturated rings. The van der Waals surface area contributed by atoms with Gasteiger partial charge in [0.15, 0.2) is 5.78 Å². The molecule has 0 saturated heterocycles. The number of carbonyl (C=O) groups excluding carboxylic acids is 1. The largest absolute Gasteiger partial charge is 0.490 e. The first kappa shape index (κ1) is 22.0. The zero-order valence-electron chi connectivity index (χ0n) is 17.7. The lowest BCUT2D eigenvalue weighted by Gasteiger charge is -2.21. The average molecular weight is 417 g/mol. The number of aliphatic hydroxyl groups is 2. The second kappa shape index (κ2) is 9.88. The summed E-state index contributed by atoms with van der Waals surface area (Å²) in [5.41, 5.74) is 5.80. The van der Waals surface area contributed by atoms with Gasteiger partial charge < -0.3 is 14.9 Å². The number of rotatable bonds is 9. The molecule has 0 saturated carbocycles. The quantitative estimate of drug-likeness (QED) is 0.594. The lowest BCUT2D eigenvalue weighted by molar-refractivity contribution is 0.0531. The van der Waals surface area contributed by atoms with Crippen LogP contribution in [0.5, 0.6) is 5.75 Å². The van der Waals surface area contributed by atoms with Crippen LogP contribution in [0.2, 0.25) is 0 Å². The molecule has 3 rings (SSSR count). The third-order valence-electron chi connectivity index (χ3n) is 5.91. The van der Waals surface area contributed by atoms with Crippen LogP contribution in [0.25, 0.3) is 0 Å². The Bertz CT molecular complexity index is 832. The van der Waals surface area contributed by atoms with Crippen LogP contribution in [-0.2, 0) is 19.3 Å². The summed E-state index contributed by atoms with van der Waals surface area (Å²) in [5, 5.41) is 20.6. The summed E-state index contributed by atoms with van der Waals surface area (Å²) in [6.45, 7) is 5.95. The van der Waals surface area contributed by atoms with E-state index in [0.29, 0.717) is 12.8 Å². The summed E-state index contributed by atoms with van der Waals surface area (Å²) in [6, 6.07) is 4.10. The van der Waals surface area contributed by atoms with Gasteiger partial charge in [0, 0.05) is 6.42 Å². The highest BCUT2D eigenvalue weighted by Crippen LogP contribution is 2.34. The van der Waals surface area contributed by atoms with Crippen LogP contribution < -0.4 is 4.74 Å². The molecule has 0 spiro atoms. The van der Waals surface area contributed by atoms with E-state index in [9.17, 15) is 9.90 Å². The van der Waals surface area contributed by atoms with Gasteiger partial charge in [-0.15, -0.1) is 11.3 Å². The van der Waals surface area contributed by atoms with Gasteiger partial charge >= 0.3 is 0 Å². The molecule has 1 unspecified atom stereocenters. The fraction of sp³-hybridized carbons (Fsp3) is 0.542. The van der Waals surface area contributed by atoms with Crippen molar-refractivity contribution in [1.29, 1.82) is 0 Å². The molecule has 0 amide bonds. The smallest absolute Gasteiger partial charge is 0.173 e. The predicted octanol–water partition coefficient (Wildman–Crippen LogP) is 4.43. The molecule has 1 aliphatic rings. The highest BCUT2D eigenvalue weighted by molar-refractivity contribution is 7.12. The Balaban J connectivity index is 1.63. The predicted molar refractivity (Wildman–Crippen MR) is 117 cm³/mol. The maximum absolute atomic E-state index is 12.9. The lowest BCUT2D eigenvalue weighted by atomic mass is 9.83. The van der Waals surface area contributed by atoms with E-state index >= 15 is 0 Å². The summed E-state index contributed by atoms with van der Waals surface area (Å²) >= 11 is 1.63.